The predicted octanol–water partition coefficient (Wildman–Crippen LogP) is 0.604. The van der Waals surface area contributed by atoms with Gasteiger partial charge in [0.05, 0.1) is 0 Å². The molecule has 1 rings (SSSR count). The molecule has 0 bridgehead atoms. The third kappa shape index (κ3) is 5.33. The van der Waals surface area contributed by atoms with Crippen molar-refractivity contribution in [3.63, 3.8) is 0 Å². The van der Waals surface area contributed by atoms with Crippen LogP contribution in [0, 0.1) is 0 Å². The first-order chi connectivity index (χ1) is 9.10. The number of hydrogen-bond donors (Lipinski definition) is 2. The van der Waals surface area contributed by atoms with Crippen molar-refractivity contribution in [1.82, 2.24) is 9.80 Å². The number of halogens is 3. The molecule has 0 aromatic rings. The molecular weight excluding hydrogens is 285 g/mol. The first-order valence-corrected chi connectivity index (χ1v) is 5.66. The van der Waals surface area contributed by atoms with Gasteiger partial charge in [0.2, 0.25) is 0 Å². The quantitative estimate of drug-likeness (QED) is 0.748. The molecule has 0 aromatic carbocycles. The number of carboxylic acid groups (broad SMARTS) is 2. The number of alkyl halides is 3. The van der Waals surface area contributed by atoms with Gasteiger partial charge in [-0.1, -0.05) is 0 Å². The summed E-state index contributed by atoms with van der Waals surface area (Å²) in [5.41, 5.74) is 0. The van der Waals surface area contributed by atoms with E-state index in [9.17, 15) is 27.6 Å². The first kappa shape index (κ1) is 16.1. The molecule has 10 heteroatoms. The molecule has 1 saturated carbocycles. The summed E-state index contributed by atoms with van der Waals surface area (Å²) in [6.07, 6.45) is -3.86. The van der Waals surface area contributed by atoms with E-state index in [1.807, 2.05) is 0 Å². The molecule has 0 radical (unpaired) electrons. The number of aliphatic carboxylic acids is 2. The van der Waals surface area contributed by atoms with E-state index in [1.165, 1.54) is 0 Å². The molecule has 1 aliphatic carbocycles. The van der Waals surface area contributed by atoms with Crippen LogP contribution in [0.2, 0.25) is 0 Å². The summed E-state index contributed by atoms with van der Waals surface area (Å²) in [7, 11) is 0. The van der Waals surface area contributed by atoms with Crippen LogP contribution < -0.4 is 0 Å². The first-order valence-electron chi connectivity index (χ1n) is 5.66. The molecule has 1 aliphatic rings. The average molecular weight is 298 g/mol. The molecular formula is C10H13F3N2O5. The number of carboxylic acids is 2. The Balaban J connectivity index is 2.82. The smallest absolute Gasteiger partial charge is 0.406 e. The number of nitrogens with zero attached hydrogens (tertiary/aromatic N) is 2. The zero-order chi connectivity index (χ0) is 15.5. The van der Waals surface area contributed by atoms with Crippen molar-refractivity contribution in [3.8, 4) is 0 Å². The largest absolute Gasteiger partial charge is 0.480 e. The highest BCUT2D eigenvalue weighted by Gasteiger charge is 2.42. The van der Waals surface area contributed by atoms with Crippen LogP contribution in [0.15, 0.2) is 0 Å². The van der Waals surface area contributed by atoms with Gasteiger partial charge in [0.1, 0.15) is 19.6 Å². The minimum atomic E-state index is -4.63. The Labute approximate surface area is 111 Å². The zero-order valence-electron chi connectivity index (χ0n) is 10.3. The number of hydrogen-bond acceptors (Lipinski definition) is 3. The number of amides is 2. The SMILES string of the molecule is O=C(O)CN(CC(=O)O)C(=O)N(CC(F)(F)F)C1CC1. The molecule has 0 aliphatic heterocycles. The lowest BCUT2D eigenvalue weighted by molar-refractivity contribution is -0.144. The fourth-order valence-electron chi connectivity index (χ4n) is 1.63. The Morgan fingerprint density at radius 3 is 1.80 bits per heavy atom. The van der Waals surface area contributed by atoms with Gasteiger partial charge in [-0.15, -0.1) is 0 Å². The van der Waals surface area contributed by atoms with Gasteiger partial charge in [0.15, 0.2) is 0 Å². The van der Waals surface area contributed by atoms with Gasteiger partial charge in [-0.2, -0.15) is 13.2 Å². The topological polar surface area (TPSA) is 98.1 Å². The van der Waals surface area contributed by atoms with Crippen molar-refractivity contribution in [2.45, 2.75) is 25.1 Å². The van der Waals surface area contributed by atoms with Gasteiger partial charge in [-0.05, 0) is 12.8 Å². The summed E-state index contributed by atoms with van der Waals surface area (Å²) >= 11 is 0. The van der Waals surface area contributed by atoms with E-state index in [1.54, 1.807) is 0 Å². The highest BCUT2D eigenvalue weighted by atomic mass is 19.4. The standard InChI is InChI=1S/C10H13F3N2O5/c11-10(12,13)5-15(6-1-2-6)9(20)14(3-7(16)17)4-8(18)19/h6H,1-5H2,(H,16,17)(H,18,19). The molecule has 0 heterocycles. The van der Waals surface area contributed by atoms with Gasteiger partial charge in [-0.3, -0.25) is 9.59 Å². The maximum absolute atomic E-state index is 12.4. The number of carbonyl (C=O) groups excluding carboxylic acids is 1. The Morgan fingerprint density at radius 1 is 1.05 bits per heavy atom. The van der Waals surface area contributed by atoms with Crippen LogP contribution in [-0.2, 0) is 9.59 Å². The normalized spacial score (nSPS) is 14.8. The van der Waals surface area contributed by atoms with Crippen LogP contribution in [0.5, 0.6) is 0 Å². The van der Waals surface area contributed by atoms with Crippen molar-refractivity contribution in [2.75, 3.05) is 19.6 Å². The summed E-state index contributed by atoms with van der Waals surface area (Å²) in [5, 5.41) is 17.2. The average Bonchev–Trinajstić information content (AvgIpc) is 3.05. The van der Waals surface area contributed by atoms with Crippen molar-refractivity contribution < 1.29 is 37.8 Å². The van der Waals surface area contributed by atoms with E-state index in [-0.39, 0.29) is 0 Å². The molecule has 0 atom stereocenters. The second-order valence-corrected chi connectivity index (χ2v) is 4.40. The van der Waals surface area contributed by atoms with Crippen molar-refractivity contribution >= 4 is 18.0 Å². The minimum absolute atomic E-state index is 0.370. The highest BCUT2D eigenvalue weighted by Crippen LogP contribution is 2.31. The fraction of sp³-hybridized carbons (Fsp3) is 0.700. The molecule has 0 saturated heterocycles. The summed E-state index contributed by atoms with van der Waals surface area (Å²) in [6, 6.07) is -1.84. The Morgan fingerprint density at radius 2 is 1.50 bits per heavy atom. The van der Waals surface area contributed by atoms with Crippen LogP contribution in [0.4, 0.5) is 18.0 Å². The van der Waals surface area contributed by atoms with E-state index in [0.29, 0.717) is 22.6 Å². The Hall–Kier alpha value is -2.00. The summed E-state index contributed by atoms with van der Waals surface area (Å²) < 4.78 is 37.2. The minimum Gasteiger partial charge on any atom is -0.480 e. The molecule has 20 heavy (non-hydrogen) atoms. The lowest BCUT2D eigenvalue weighted by Gasteiger charge is -2.29. The Kier molecular flexibility index (Phi) is 4.79. The third-order valence-corrected chi connectivity index (χ3v) is 2.51. The van der Waals surface area contributed by atoms with E-state index in [2.05, 4.69) is 0 Å². The van der Waals surface area contributed by atoms with Crippen LogP contribution in [0.25, 0.3) is 0 Å². The molecule has 7 nitrogen and oxygen atoms in total. The number of carbonyl (C=O) groups is 3. The van der Waals surface area contributed by atoms with Gasteiger partial charge in [-0.25, -0.2) is 4.79 Å². The van der Waals surface area contributed by atoms with Crippen LogP contribution in [-0.4, -0.2) is 69.8 Å². The molecule has 0 unspecified atom stereocenters. The van der Waals surface area contributed by atoms with E-state index < -0.39 is 49.8 Å². The van der Waals surface area contributed by atoms with Gasteiger partial charge >= 0.3 is 24.1 Å². The third-order valence-electron chi connectivity index (χ3n) is 2.51. The van der Waals surface area contributed by atoms with Crippen molar-refractivity contribution in [2.24, 2.45) is 0 Å². The molecule has 1 fully saturated rings. The maximum Gasteiger partial charge on any atom is 0.406 e. The lowest BCUT2D eigenvalue weighted by Crippen LogP contribution is -2.50. The van der Waals surface area contributed by atoms with Gasteiger partial charge in [0.25, 0.3) is 0 Å². The summed E-state index contributed by atoms with van der Waals surface area (Å²) in [4.78, 5) is 33.9. The fourth-order valence-corrected chi connectivity index (χ4v) is 1.63. The van der Waals surface area contributed by atoms with Crippen molar-refractivity contribution in [3.05, 3.63) is 0 Å². The molecule has 2 N–H and O–H groups in total. The summed E-state index contributed by atoms with van der Waals surface area (Å²) in [5.74, 6) is -3.00. The molecule has 0 spiro atoms. The van der Waals surface area contributed by atoms with Crippen LogP contribution in [0.3, 0.4) is 0 Å². The highest BCUT2D eigenvalue weighted by molar-refractivity contribution is 5.84. The summed E-state index contributed by atoms with van der Waals surface area (Å²) in [6.45, 7) is -3.45. The van der Waals surface area contributed by atoms with E-state index >= 15 is 0 Å². The number of urea groups is 1. The zero-order valence-corrected chi connectivity index (χ0v) is 10.3. The van der Waals surface area contributed by atoms with E-state index in [0.717, 1.165) is 0 Å². The monoisotopic (exact) mass is 298 g/mol. The molecule has 2 amide bonds. The second kappa shape index (κ2) is 5.97. The van der Waals surface area contributed by atoms with Gasteiger partial charge < -0.3 is 20.0 Å². The Bertz CT molecular complexity index is 392. The molecule has 0 aromatic heterocycles. The van der Waals surface area contributed by atoms with E-state index in [4.69, 9.17) is 10.2 Å². The lowest BCUT2D eigenvalue weighted by atomic mass is 10.4. The van der Waals surface area contributed by atoms with Crippen molar-refractivity contribution in [1.29, 1.82) is 0 Å². The van der Waals surface area contributed by atoms with Gasteiger partial charge in [0, 0.05) is 6.04 Å². The van der Waals surface area contributed by atoms with Crippen LogP contribution >= 0.6 is 0 Å². The molecule has 114 valence electrons. The maximum atomic E-state index is 12.4. The second-order valence-electron chi connectivity index (χ2n) is 4.40. The predicted molar refractivity (Wildman–Crippen MR) is 58.0 cm³/mol. The van der Waals surface area contributed by atoms with Crippen LogP contribution in [0.1, 0.15) is 12.8 Å². The number of rotatable bonds is 6.